The second kappa shape index (κ2) is 7.32. The van der Waals surface area contributed by atoms with Crippen LogP contribution in [-0.2, 0) is 13.0 Å². The minimum absolute atomic E-state index is 0.993. The van der Waals surface area contributed by atoms with Crippen LogP contribution >= 0.6 is 11.8 Å². The molecule has 0 aliphatic heterocycles. The van der Waals surface area contributed by atoms with Crippen LogP contribution in [0.1, 0.15) is 12.0 Å². The second-order valence-corrected chi connectivity index (χ2v) is 6.10. The van der Waals surface area contributed by atoms with Gasteiger partial charge in [-0.05, 0) is 36.3 Å². The molecule has 0 N–H and O–H groups in total. The fourth-order valence-electron chi connectivity index (χ4n) is 2.70. The van der Waals surface area contributed by atoms with E-state index in [4.69, 9.17) is 0 Å². The molecule has 22 heavy (non-hydrogen) atoms. The second-order valence-electron chi connectivity index (χ2n) is 5.25. The first-order chi connectivity index (χ1) is 10.9. The van der Waals surface area contributed by atoms with Crippen LogP contribution in [0.3, 0.4) is 0 Å². The number of aryl methyl sites for hydroxylation is 2. The number of thioether (sulfide) groups is 1. The number of benzene rings is 2. The van der Waals surface area contributed by atoms with E-state index >= 15 is 0 Å². The Balaban J connectivity index is 1.67. The van der Waals surface area contributed by atoms with Crippen LogP contribution in [0.2, 0.25) is 0 Å². The third-order valence-electron chi connectivity index (χ3n) is 3.82. The van der Waals surface area contributed by atoms with Crippen LogP contribution in [0.25, 0.3) is 11.3 Å². The van der Waals surface area contributed by atoms with Crippen molar-refractivity contribution in [2.45, 2.75) is 24.3 Å². The van der Waals surface area contributed by atoms with Crippen molar-refractivity contribution >= 4 is 11.8 Å². The van der Waals surface area contributed by atoms with Gasteiger partial charge >= 0.3 is 0 Å². The Morgan fingerprint density at radius 3 is 2.59 bits per heavy atom. The molecule has 2 aromatic carbocycles. The summed E-state index contributed by atoms with van der Waals surface area (Å²) in [5.41, 5.74) is 3.86. The predicted octanol–water partition coefficient (Wildman–Crippen LogP) is 4.90. The molecule has 0 spiro atoms. The van der Waals surface area contributed by atoms with Crippen LogP contribution < -0.4 is 0 Å². The standard InChI is InChI=1S/C19H20N2S/c1-22-19-12-6-5-10-17(19)11-7-13-21-15-20-14-18(21)16-8-3-2-4-9-16/h2-6,8-10,12,14-15H,7,11,13H2,1H3. The first-order valence-electron chi connectivity index (χ1n) is 7.56. The topological polar surface area (TPSA) is 17.8 Å². The van der Waals surface area contributed by atoms with Crippen molar-refractivity contribution < 1.29 is 0 Å². The van der Waals surface area contributed by atoms with Gasteiger partial charge in [0.15, 0.2) is 0 Å². The van der Waals surface area contributed by atoms with Crippen molar-refractivity contribution in [3.8, 4) is 11.3 Å². The van der Waals surface area contributed by atoms with E-state index in [1.165, 1.54) is 21.7 Å². The average Bonchev–Trinajstić information content (AvgIpc) is 3.04. The van der Waals surface area contributed by atoms with Gasteiger partial charge in [-0.15, -0.1) is 11.8 Å². The van der Waals surface area contributed by atoms with Crippen molar-refractivity contribution in [1.82, 2.24) is 9.55 Å². The molecule has 0 aliphatic rings. The summed E-state index contributed by atoms with van der Waals surface area (Å²) in [6, 6.07) is 19.1. The summed E-state index contributed by atoms with van der Waals surface area (Å²) in [6.07, 6.45) is 8.24. The Hall–Kier alpha value is -2.00. The van der Waals surface area contributed by atoms with E-state index in [0.29, 0.717) is 0 Å². The SMILES string of the molecule is CSc1ccccc1CCCn1cncc1-c1ccccc1. The van der Waals surface area contributed by atoms with Gasteiger partial charge in [0.25, 0.3) is 0 Å². The summed E-state index contributed by atoms with van der Waals surface area (Å²) in [6.45, 7) is 0.993. The van der Waals surface area contributed by atoms with Crippen molar-refractivity contribution in [3.05, 3.63) is 72.7 Å². The molecule has 1 heterocycles. The summed E-state index contributed by atoms with van der Waals surface area (Å²) in [4.78, 5) is 5.70. The van der Waals surface area contributed by atoms with Crippen molar-refractivity contribution in [3.63, 3.8) is 0 Å². The largest absolute Gasteiger partial charge is 0.331 e. The van der Waals surface area contributed by atoms with E-state index in [1.54, 1.807) is 0 Å². The zero-order chi connectivity index (χ0) is 15.2. The first kappa shape index (κ1) is 14.9. The smallest absolute Gasteiger partial charge is 0.0950 e. The van der Waals surface area contributed by atoms with Gasteiger partial charge in [0.05, 0.1) is 18.2 Å². The number of nitrogens with zero attached hydrogens (tertiary/aromatic N) is 2. The molecule has 0 unspecified atom stereocenters. The fraction of sp³-hybridized carbons (Fsp3) is 0.211. The van der Waals surface area contributed by atoms with Crippen LogP contribution in [-0.4, -0.2) is 15.8 Å². The highest BCUT2D eigenvalue weighted by Gasteiger charge is 2.05. The first-order valence-corrected chi connectivity index (χ1v) is 8.78. The van der Waals surface area contributed by atoms with Crippen LogP contribution in [0.15, 0.2) is 72.0 Å². The number of imidazole rings is 1. The van der Waals surface area contributed by atoms with Gasteiger partial charge in [-0.3, -0.25) is 0 Å². The predicted molar refractivity (Wildman–Crippen MR) is 94.2 cm³/mol. The fourth-order valence-corrected chi connectivity index (χ4v) is 3.34. The molecule has 0 bridgehead atoms. The number of hydrogen-bond acceptors (Lipinski definition) is 2. The molecule has 0 aliphatic carbocycles. The normalized spacial score (nSPS) is 10.8. The Morgan fingerprint density at radius 2 is 1.77 bits per heavy atom. The Labute approximate surface area is 136 Å². The molecular formula is C19H20N2S. The minimum atomic E-state index is 0.993. The van der Waals surface area contributed by atoms with Crippen LogP contribution in [0, 0.1) is 0 Å². The monoisotopic (exact) mass is 308 g/mol. The maximum atomic E-state index is 4.32. The van der Waals surface area contributed by atoms with Gasteiger partial charge in [-0.25, -0.2) is 4.98 Å². The molecule has 0 fully saturated rings. The van der Waals surface area contributed by atoms with Crippen molar-refractivity contribution in [2.75, 3.05) is 6.26 Å². The van der Waals surface area contributed by atoms with Gasteiger partial charge in [0, 0.05) is 11.4 Å². The number of rotatable bonds is 6. The molecule has 3 rings (SSSR count). The summed E-state index contributed by atoms with van der Waals surface area (Å²) >= 11 is 1.82. The third kappa shape index (κ3) is 3.42. The zero-order valence-corrected chi connectivity index (χ0v) is 13.6. The van der Waals surface area contributed by atoms with Gasteiger partial charge in [0.1, 0.15) is 0 Å². The van der Waals surface area contributed by atoms with Gasteiger partial charge in [-0.1, -0.05) is 48.5 Å². The molecule has 0 amide bonds. The molecule has 1 aromatic heterocycles. The highest BCUT2D eigenvalue weighted by Crippen LogP contribution is 2.22. The highest BCUT2D eigenvalue weighted by molar-refractivity contribution is 7.98. The lowest BCUT2D eigenvalue weighted by Crippen LogP contribution is -2.01. The molecule has 0 saturated heterocycles. The third-order valence-corrected chi connectivity index (χ3v) is 4.66. The maximum absolute atomic E-state index is 4.32. The number of hydrogen-bond donors (Lipinski definition) is 0. The number of aromatic nitrogens is 2. The quantitative estimate of drug-likeness (QED) is 0.602. The summed E-state index contributed by atoms with van der Waals surface area (Å²) in [7, 11) is 0. The van der Waals surface area contributed by atoms with Crippen molar-refractivity contribution in [2.24, 2.45) is 0 Å². The molecule has 3 aromatic rings. The van der Waals surface area contributed by atoms with E-state index < -0.39 is 0 Å². The minimum Gasteiger partial charge on any atom is -0.331 e. The molecule has 3 heteroatoms. The van der Waals surface area contributed by atoms with Gasteiger partial charge in [0.2, 0.25) is 0 Å². The molecule has 2 nitrogen and oxygen atoms in total. The van der Waals surface area contributed by atoms with E-state index in [1.807, 2.05) is 30.4 Å². The Bertz CT molecular complexity index is 719. The van der Waals surface area contributed by atoms with E-state index in [9.17, 15) is 0 Å². The summed E-state index contributed by atoms with van der Waals surface area (Å²) in [5.74, 6) is 0. The lowest BCUT2D eigenvalue weighted by molar-refractivity contribution is 0.643. The van der Waals surface area contributed by atoms with Crippen LogP contribution in [0.5, 0.6) is 0 Å². The highest BCUT2D eigenvalue weighted by atomic mass is 32.2. The molecule has 0 radical (unpaired) electrons. The van der Waals surface area contributed by atoms with Gasteiger partial charge < -0.3 is 4.57 Å². The maximum Gasteiger partial charge on any atom is 0.0950 e. The summed E-state index contributed by atoms with van der Waals surface area (Å²) in [5, 5.41) is 0. The van der Waals surface area contributed by atoms with E-state index in [2.05, 4.69) is 64.3 Å². The lowest BCUT2D eigenvalue weighted by Gasteiger charge is -2.10. The summed E-state index contributed by atoms with van der Waals surface area (Å²) < 4.78 is 2.25. The molecule has 0 saturated carbocycles. The average molecular weight is 308 g/mol. The molecular weight excluding hydrogens is 288 g/mol. The van der Waals surface area contributed by atoms with Crippen molar-refractivity contribution in [1.29, 1.82) is 0 Å². The van der Waals surface area contributed by atoms with Gasteiger partial charge in [-0.2, -0.15) is 0 Å². The van der Waals surface area contributed by atoms with E-state index in [0.717, 1.165) is 19.4 Å². The van der Waals surface area contributed by atoms with Crippen LogP contribution in [0.4, 0.5) is 0 Å². The molecule has 0 atom stereocenters. The lowest BCUT2D eigenvalue weighted by atomic mass is 10.1. The Morgan fingerprint density at radius 1 is 1.00 bits per heavy atom. The molecule has 112 valence electrons. The Kier molecular flexibility index (Phi) is 4.96. The zero-order valence-electron chi connectivity index (χ0n) is 12.8. The van der Waals surface area contributed by atoms with E-state index in [-0.39, 0.29) is 0 Å².